The second-order valence-corrected chi connectivity index (χ2v) is 5.15. The van der Waals surface area contributed by atoms with Gasteiger partial charge in [0.25, 0.3) is 0 Å². The van der Waals surface area contributed by atoms with E-state index < -0.39 is 12.0 Å². The maximum atomic E-state index is 13.2. The lowest BCUT2D eigenvalue weighted by atomic mass is 10.1. The lowest BCUT2D eigenvalue weighted by Crippen LogP contribution is -2.13. The summed E-state index contributed by atoms with van der Waals surface area (Å²) in [7, 11) is 0. The molecule has 0 unspecified atom stereocenters. The topological polar surface area (TPSA) is 46.5 Å². The Hall–Kier alpha value is -2.31. The van der Waals surface area contributed by atoms with E-state index in [1.807, 2.05) is 13.8 Å². The van der Waals surface area contributed by atoms with Gasteiger partial charge in [-0.2, -0.15) is 18.3 Å². The van der Waals surface area contributed by atoms with Crippen LogP contribution in [0.15, 0.2) is 30.6 Å². The summed E-state index contributed by atoms with van der Waals surface area (Å²) in [6, 6.07) is 4.97. The van der Waals surface area contributed by atoms with Gasteiger partial charge in [0.1, 0.15) is 0 Å². The summed E-state index contributed by atoms with van der Waals surface area (Å²) in [5, 5.41) is 7.39. The van der Waals surface area contributed by atoms with Crippen LogP contribution in [0.2, 0.25) is 0 Å². The molecule has 0 radical (unpaired) electrons. The zero-order chi connectivity index (χ0) is 15.2. The van der Waals surface area contributed by atoms with Crippen LogP contribution in [-0.4, -0.2) is 19.7 Å². The molecule has 0 aliphatic carbocycles. The third kappa shape index (κ3) is 2.39. The summed E-state index contributed by atoms with van der Waals surface area (Å²) >= 11 is 0. The molecule has 0 aliphatic heterocycles. The normalized spacial score (nSPS) is 12.5. The van der Waals surface area contributed by atoms with Gasteiger partial charge < -0.3 is 0 Å². The molecule has 3 rings (SSSR count). The first-order chi connectivity index (χ1) is 9.86. The fourth-order valence-corrected chi connectivity index (χ4v) is 2.15. The van der Waals surface area contributed by atoms with Gasteiger partial charge in [0.15, 0.2) is 0 Å². The number of aromatic nitrogens is 4. The van der Waals surface area contributed by atoms with Crippen molar-refractivity contribution < 1.29 is 13.2 Å². The van der Waals surface area contributed by atoms with Crippen molar-refractivity contribution in [3.05, 3.63) is 42.1 Å². The Morgan fingerprint density at radius 2 is 2.00 bits per heavy atom. The third-order valence-electron chi connectivity index (χ3n) is 3.27. The molecule has 110 valence electrons. The van der Waals surface area contributed by atoms with Crippen LogP contribution in [0, 0.1) is 0 Å². The van der Waals surface area contributed by atoms with E-state index in [-0.39, 0.29) is 5.92 Å². The molecule has 0 fully saturated rings. The lowest BCUT2D eigenvalue weighted by molar-refractivity contribution is -0.146. The SMILES string of the molecule is CC(C)c1cn(-c2ccc3[nH]ncc3c2)c(C(F)(F)F)n1. The molecular weight excluding hydrogens is 281 g/mol. The molecule has 0 saturated carbocycles. The van der Waals surface area contributed by atoms with E-state index >= 15 is 0 Å². The van der Waals surface area contributed by atoms with E-state index in [4.69, 9.17) is 0 Å². The zero-order valence-corrected chi connectivity index (χ0v) is 11.4. The fraction of sp³-hybridized carbons (Fsp3) is 0.286. The maximum Gasteiger partial charge on any atom is 0.450 e. The van der Waals surface area contributed by atoms with Gasteiger partial charge in [0, 0.05) is 17.3 Å². The van der Waals surface area contributed by atoms with Crippen LogP contribution in [0.4, 0.5) is 13.2 Å². The Bertz CT molecular complexity index is 783. The molecule has 0 saturated heterocycles. The predicted octanol–water partition coefficient (Wildman–Crippen LogP) is 3.89. The highest BCUT2D eigenvalue weighted by molar-refractivity contribution is 5.80. The Morgan fingerprint density at radius 3 is 2.67 bits per heavy atom. The van der Waals surface area contributed by atoms with Gasteiger partial charge in [0.2, 0.25) is 5.82 Å². The number of aromatic amines is 1. The Balaban J connectivity index is 2.19. The number of halogens is 3. The molecule has 0 aliphatic rings. The standard InChI is InChI=1S/C14H13F3N4/c1-8(2)12-7-21(13(19-12)14(15,16)17)10-3-4-11-9(5-10)6-18-20-11/h3-8H,1-2H3,(H,18,20). The number of nitrogens with one attached hydrogen (secondary N) is 1. The van der Waals surface area contributed by atoms with E-state index in [0.29, 0.717) is 11.4 Å². The number of rotatable bonds is 2. The van der Waals surface area contributed by atoms with E-state index in [9.17, 15) is 13.2 Å². The number of hydrogen-bond donors (Lipinski definition) is 1. The minimum absolute atomic E-state index is 0.0787. The molecule has 0 spiro atoms. The van der Waals surface area contributed by atoms with Gasteiger partial charge in [-0.3, -0.25) is 9.67 Å². The monoisotopic (exact) mass is 294 g/mol. The van der Waals surface area contributed by atoms with Crippen LogP contribution in [0.3, 0.4) is 0 Å². The minimum atomic E-state index is -4.50. The van der Waals surface area contributed by atoms with Crippen LogP contribution in [0.25, 0.3) is 16.6 Å². The highest BCUT2D eigenvalue weighted by Gasteiger charge is 2.37. The first kappa shape index (κ1) is 13.7. The quantitative estimate of drug-likeness (QED) is 0.779. The van der Waals surface area contributed by atoms with Gasteiger partial charge in [-0.25, -0.2) is 4.98 Å². The van der Waals surface area contributed by atoms with E-state index in [0.717, 1.165) is 15.5 Å². The smallest absolute Gasteiger partial charge is 0.296 e. The average molecular weight is 294 g/mol. The molecule has 2 aromatic heterocycles. The summed E-state index contributed by atoms with van der Waals surface area (Å²) < 4.78 is 40.6. The number of alkyl halides is 3. The van der Waals surface area contributed by atoms with Crippen molar-refractivity contribution in [2.75, 3.05) is 0 Å². The molecule has 0 bridgehead atoms. The Kier molecular flexibility index (Phi) is 3.00. The van der Waals surface area contributed by atoms with Gasteiger partial charge >= 0.3 is 6.18 Å². The van der Waals surface area contributed by atoms with Crippen molar-refractivity contribution in [2.24, 2.45) is 0 Å². The first-order valence-corrected chi connectivity index (χ1v) is 6.46. The van der Waals surface area contributed by atoms with Gasteiger partial charge in [-0.1, -0.05) is 13.8 Å². The molecular formula is C14H13F3N4. The second-order valence-electron chi connectivity index (χ2n) is 5.15. The summed E-state index contributed by atoms with van der Waals surface area (Å²) in [6.07, 6.45) is -1.49. The van der Waals surface area contributed by atoms with Crippen LogP contribution in [0.1, 0.15) is 31.3 Å². The number of nitrogens with zero attached hydrogens (tertiary/aromatic N) is 3. The molecule has 1 N–H and O–H groups in total. The van der Waals surface area contributed by atoms with Gasteiger partial charge in [0.05, 0.1) is 17.4 Å². The minimum Gasteiger partial charge on any atom is -0.296 e. The summed E-state index contributed by atoms with van der Waals surface area (Å²) in [6.45, 7) is 3.62. The zero-order valence-electron chi connectivity index (χ0n) is 11.4. The van der Waals surface area contributed by atoms with Crippen molar-refractivity contribution >= 4 is 10.9 Å². The Labute approximate surface area is 118 Å². The van der Waals surface area contributed by atoms with Crippen molar-refractivity contribution in [3.8, 4) is 5.69 Å². The number of imidazole rings is 1. The average Bonchev–Trinajstić information content (AvgIpc) is 3.03. The predicted molar refractivity (Wildman–Crippen MR) is 72.3 cm³/mol. The number of benzene rings is 1. The molecule has 0 amide bonds. The van der Waals surface area contributed by atoms with Gasteiger partial charge in [-0.15, -0.1) is 0 Å². The number of H-pyrrole nitrogens is 1. The molecule has 3 aromatic rings. The van der Waals surface area contributed by atoms with Crippen LogP contribution < -0.4 is 0 Å². The van der Waals surface area contributed by atoms with Crippen LogP contribution in [0.5, 0.6) is 0 Å². The fourth-order valence-electron chi connectivity index (χ4n) is 2.15. The summed E-state index contributed by atoms with van der Waals surface area (Å²) in [5.74, 6) is -0.987. The summed E-state index contributed by atoms with van der Waals surface area (Å²) in [4.78, 5) is 3.74. The molecule has 1 aromatic carbocycles. The summed E-state index contributed by atoms with van der Waals surface area (Å²) in [5.41, 5.74) is 1.60. The van der Waals surface area contributed by atoms with Gasteiger partial charge in [-0.05, 0) is 24.1 Å². The van der Waals surface area contributed by atoms with E-state index in [1.54, 1.807) is 24.4 Å². The molecule has 0 atom stereocenters. The third-order valence-corrected chi connectivity index (χ3v) is 3.27. The highest BCUT2D eigenvalue weighted by Crippen LogP contribution is 2.32. The molecule has 2 heterocycles. The van der Waals surface area contributed by atoms with Crippen molar-refractivity contribution in [1.29, 1.82) is 0 Å². The van der Waals surface area contributed by atoms with Crippen molar-refractivity contribution in [1.82, 2.24) is 19.7 Å². The van der Waals surface area contributed by atoms with Crippen LogP contribution >= 0.6 is 0 Å². The maximum absolute atomic E-state index is 13.2. The molecule has 21 heavy (non-hydrogen) atoms. The van der Waals surface area contributed by atoms with Crippen molar-refractivity contribution in [3.63, 3.8) is 0 Å². The molecule has 7 heteroatoms. The Morgan fingerprint density at radius 1 is 1.24 bits per heavy atom. The second kappa shape index (κ2) is 4.61. The van der Waals surface area contributed by atoms with Crippen molar-refractivity contribution in [2.45, 2.75) is 25.9 Å². The highest BCUT2D eigenvalue weighted by atomic mass is 19.4. The first-order valence-electron chi connectivity index (χ1n) is 6.46. The lowest BCUT2D eigenvalue weighted by Gasteiger charge is -2.10. The van der Waals surface area contributed by atoms with Crippen LogP contribution in [-0.2, 0) is 6.18 Å². The number of hydrogen-bond acceptors (Lipinski definition) is 2. The largest absolute Gasteiger partial charge is 0.450 e. The molecule has 4 nitrogen and oxygen atoms in total. The van der Waals surface area contributed by atoms with E-state index in [2.05, 4.69) is 15.2 Å². The van der Waals surface area contributed by atoms with E-state index in [1.165, 1.54) is 6.20 Å². The number of fused-ring (bicyclic) bond motifs is 1.